The third kappa shape index (κ3) is 4.85. The Balaban J connectivity index is 0.00000396. The average molecular weight is 908 g/mol. The van der Waals surface area contributed by atoms with Crippen LogP contribution in [-0.4, -0.2) is 9.97 Å². The van der Waals surface area contributed by atoms with Crippen LogP contribution in [0.5, 0.6) is 0 Å². The van der Waals surface area contributed by atoms with Crippen LogP contribution in [0.15, 0.2) is 170 Å². The Labute approximate surface area is 344 Å². The van der Waals surface area contributed by atoms with Crippen LogP contribution in [0.3, 0.4) is 0 Å². The van der Waals surface area contributed by atoms with Gasteiger partial charge in [-0.15, -0.1) is 11.4 Å². The van der Waals surface area contributed by atoms with Crippen molar-refractivity contribution in [1.29, 1.82) is 0 Å². The van der Waals surface area contributed by atoms with Crippen molar-refractivity contribution in [3.8, 4) is 44.8 Å². The summed E-state index contributed by atoms with van der Waals surface area (Å²) in [5.74, 6) is 0. The molecule has 3 heterocycles. The fourth-order valence-electron chi connectivity index (χ4n) is 9.06. The zero-order valence-corrected chi connectivity index (χ0v) is 32.4. The largest absolute Gasteiger partial charge is 2.00 e. The molecule has 6 nitrogen and oxygen atoms in total. The van der Waals surface area contributed by atoms with Gasteiger partial charge in [0.15, 0.2) is 11.4 Å². The molecule has 1 aliphatic heterocycles. The number of hydrogen-bond acceptors (Lipinski definition) is 2. The zero-order chi connectivity index (χ0) is 37.4. The molecular formula is C50H28N6Pt. The SMILES string of the molecule is [C-]#[N+]c1ccc2c(c1)-c1cccc(n1)C1([N-]c3ccc([N+]#[C-])cc3-c3cccc(n3)C3([N-]2)c2ccccc2-c2ccccc23)c2ccccc2-c2ccccc21.[Pt+2]. The molecule has 0 N–H and O–H groups in total. The predicted octanol–water partition coefficient (Wildman–Crippen LogP) is 13.2. The van der Waals surface area contributed by atoms with E-state index >= 15 is 0 Å². The van der Waals surface area contributed by atoms with E-state index in [-0.39, 0.29) is 21.1 Å². The summed E-state index contributed by atoms with van der Waals surface area (Å²) in [6, 6.07) is 57.1. The van der Waals surface area contributed by atoms with Gasteiger partial charge in [-0.1, -0.05) is 133 Å². The molecule has 0 saturated heterocycles. The first-order valence-corrected chi connectivity index (χ1v) is 18.5. The molecule has 11 rings (SSSR count). The van der Waals surface area contributed by atoms with E-state index < -0.39 is 11.1 Å². The smallest absolute Gasteiger partial charge is 0.666 e. The summed E-state index contributed by atoms with van der Waals surface area (Å²) >= 11 is 0. The van der Waals surface area contributed by atoms with E-state index in [1.54, 1.807) is 0 Å². The van der Waals surface area contributed by atoms with E-state index in [2.05, 4.69) is 107 Å². The van der Waals surface area contributed by atoms with Crippen molar-refractivity contribution in [1.82, 2.24) is 9.97 Å². The summed E-state index contributed by atoms with van der Waals surface area (Å²) in [7, 11) is 0. The van der Waals surface area contributed by atoms with Crippen molar-refractivity contribution in [2.45, 2.75) is 11.1 Å². The summed E-state index contributed by atoms with van der Waals surface area (Å²) < 4.78 is 0. The second-order valence-electron chi connectivity index (χ2n) is 14.3. The van der Waals surface area contributed by atoms with Crippen molar-refractivity contribution in [2.75, 3.05) is 0 Å². The van der Waals surface area contributed by atoms with Crippen LogP contribution in [-0.2, 0) is 32.1 Å². The van der Waals surface area contributed by atoms with Crippen molar-refractivity contribution >= 4 is 22.7 Å². The van der Waals surface area contributed by atoms with Gasteiger partial charge in [0, 0.05) is 11.4 Å². The number of nitrogens with zero attached hydrogens (tertiary/aromatic N) is 6. The minimum atomic E-state index is -1.06. The molecular weight excluding hydrogens is 880 g/mol. The summed E-state index contributed by atoms with van der Waals surface area (Å²) in [6.45, 7) is 16.0. The van der Waals surface area contributed by atoms with Crippen LogP contribution in [0, 0.1) is 13.1 Å². The third-order valence-corrected chi connectivity index (χ3v) is 11.4. The topological polar surface area (TPSA) is 62.7 Å². The molecule has 268 valence electrons. The van der Waals surface area contributed by atoms with E-state index in [9.17, 15) is 0 Å². The molecule has 0 radical (unpaired) electrons. The standard InChI is InChI=1S/C50H28N6.Pt/c1-51-31-25-27-45-37(29-31)43-21-11-23-47(53-43)50(41-19-9-5-15-35(41)36-16-6-10-20-42(36)50)56-46-28-26-32(52-2)30-38(46)44-22-12-24-48(54-44)49(55-45)39-17-7-3-13-33(39)34-14-4-8-18-40(34)49;/h3-30H;/q-2;+2. The molecule has 0 amide bonds. The van der Waals surface area contributed by atoms with Gasteiger partial charge >= 0.3 is 21.1 Å². The quantitative estimate of drug-likeness (QED) is 0.142. The monoisotopic (exact) mass is 907 g/mol. The maximum Gasteiger partial charge on any atom is 2.00 e. The first-order chi connectivity index (χ1) is 27.6. The van der Waals surface area contributed by atoms with Crippen molar-refractivity contribution in [3.05, 3.63) is 237 Å². The van der Waals surface area contributed by atoms with E-state index in [4.69, 9.17) is 33.7 Å². The fraction of sp³-hybridized carbons (Fsp3) is 0.0400. The molecule has 7 heteroatoms. The van der Waals surface area contributed by atoms with Gasteiger partial charge < -0.3 is 10.6 Å². The van der Waals surface area contributed by atoms with Gasteiger partial charge in [-0.25, -0.2) is 9.69 Å². The average Bonchev–Trinajstić information content (AvgIpc) is 3.72. The van der Waals surface area contributed by atoms with E-state index in [0.717, 1.165) is 67.0 Å². The first kappa shape index (κ1) is 34.4. The number of pyridine rings is 2. The van der Waals surface area contributed by atoms with Crippen LogP contribution in [0.4, 0.5) is 22.7 Å². The minimum absolute atomic E-state index is 0. The van der Waals surface area contributed by atoms with Crippen molar-refractivity contribution < 1.29 is 21.1 Å². The van der Waals surface area contributed by atoms with Gasteiger partial charge in [0.25, 0.3) is 0 Å². The Hall–Kier alpha value is -7.11. The summed E-state index contributed by atoms with van der Waals surface area (Å²) in [5.41, 5.74) is 13.0. The Morgan fingerprint density at radius 2 is 0.737 bits per heavy atom. The number of hydrogen-bond donors (Lipinski definition) is 0. The van der Waals surface area contributed by atoms with E-state index in [1.165, 1.54) is 0 Å². The van der Waals surface area contributed by atoms with Crippen molar-refractivity contribution in [3.63, 3.8) is 0 Å². The molecule has 8 aromatic rings. The molecule has 0 unspecified atom stereocenters. The minimum Gasteiger partial charge on any atom is -0.666 e. The van der Waals surface area contributed by atoms with Gasteiger partial charge in [-0.2, -0.15) is 0 Å². The van der Waals surface area contributed by atoms with Crippen LogP contribution >= 0.6 is 0 Å². The van der Waals surface area contributed by atoms with Gasteiger partial charge in [0.05, 0.1) is 24.5 Å². The Morgan fingerprint density at radius 1 is 0.386 bits per heavy atom. The van der Waals surface area contributed by atoms with Crippen LogP contribution < -0.4 is 0 Å². The van der Waals surface area contributed by atoms with E-state index in [0.29, 0.717) is 34.1 Å². The molecule has 0 saturated carbocycles. The Bertz CT molecular complexity index is 2750. The predicted molar refractivity (Wildman–Crippen MR) is 221 cm³/mol. The maximum atomic E-state index is 8.02. The molecule has 4 bridgehead atoms. The number of benzene rings is 6. The molecule has 57 heavy (non-hydrogen) atoms. The zero-order valence-electron chi connectivity index (χ0n) is 30.2. The summed E-state index contributed by atoms with van der Waals surface area (Å²) in [6.07, 6.45) is 0. The van der Waals surface area contributed by atoms with Gasteiger partial charge in [0.2, 0.25) is 0 Å². The second kappa shape index (κ2) is 13.0. The number of fused-ring (bicyclic) bond motifs is 20. The summed E-state index contributed by atoms with van der Waals surface area (Å²) in [5, 5.41) is 11.6. The molecule has 2 aliphatic carbocycles. The molecule has 2 spiro atoms. The number of aromatic nitrogens is 2. The van der Waals surface area contributed by atoms with Crippen molar-refractivity contribution in [2.24, 2.45) is 0 Å². The molecule has 0 atom stereocenters. The normalized spacial score (nSPS) is 14.0. The van der Waals surface area contributed by atoms with Gasteiger partial charge in [0.1, 0.15) is 0 Å². The Kier molecular flexibility index (Phi) is 7.84. The van der Waals surface area contributed by atoms with Crippen LogP contribution in [0.25, 0.3) is 65.1 Å². The number of rotatable bonds is 0. The second-order valence-corrected chi connectivity index (χ2v) is 14.3. The van der Waals surface area contributed by atoms with E-state index in [1.807, 2.05) is 72.8 Å². The van der Waals surface area contributed by atoms with Crippen LogP contribution in [0.2, 0.25) is 0 Å². The molecule has 6 aromatic carbocycles. The third-order valence-electron chi connectivity index (χ3n) is 11.4. The maximum absolute atomic E-state index is 8.02. The summed E-state index contributed by atoms with van der Waals surface area (Å²) in [4.78, 5) is 18.8. The Morgan fingerprint density at radius 3 is 1.09 bits per heavy atom. The van der Waals surface area contributed by atoms with Gasteiger partial charge in [-0.3, -0.25) is 9.97 Å². The first-order valence-electron chi connectivity index (χ1n) is 18.5. The molecule has 2 aromatic heterocycles. The molecule has 0 fully saturated rings. The van der Waals surface area contributed by atoms with Gasteiger partial charge in [-0.05, 0) is 103 Å². The molecule has 3 aliphatic rings. The van der Waals surface area contributed by atoms with Crippen LogP contribution in [0.1, 0.15) is 33.6 Å². The fourth-order valence-corrected chi connectivity index (χ4v) is 9.06.